The number of nitrogens with two attached hydrogens (primary N) is 1. The third-order valence-corrected chi connectivity index (χ3v) is 1.49. The van der Waals surface area contributed by atoms with Gasteiger partial charge < -0.3 is 10.8 Å². The molecule has 0 aromatic carbocycles. The molecule has 1 heterocycles. The van der Waals surface area contributed by atoms with Crippen LogP contribution in [0.4, 0.5) is 0 Å². The highest BCUT2D eigenvalue weighted by Gasteiger charge is 2.04. The first kappa shape index (κ1) is 15.1. The number of aliphatic hydroxyl groups excluding tert-OH is 1. The molecule has 0 radical (unpaired) electrons. The fourth-order valence-corrected chi connectivity index (χ4v) is 0.864. The molecule has 0 bridgehead atoms. The molecular formula is C8H14Cl2N2O. The minimum atomic E-state index is -0.352. The van der Waals surface area contributed by atoms with Crippen molar-refractivity contribution in [3.05, 3.63) is 29.6 Å². The van der Waals surface area contributed by atoms with E-state index in [1.54, 1.807) is 0 Å². The van der Waals surface area contributed by atoms with Gasteiger partial charge in [-0.1, -0.05) is 6.07 Å². The van der Waals surface area contributed by atoms with Crippen LogP contribution in [0.3, 0.4) is 0 Å². The van der Waals surface area contributed by atoms with E-state index in [1.165, 1.54) is 0 Å². The topological polar surface area (TPSA) is 59.1 Å². The number of aliphatic hydroxyl groups is 1. The lowest BCUT2D eigenvalue weighted by atomic mass is 10.2. The fraction of sp³-hybridized carbons (Fsp3) is 0.375. The van der Waals surface area contributed by atoms with Crippen molar-refractivity contribution in [2.75, 3.05) is 6.61 Å². The molecule has 0 amide bonds. The number of rotatable bonds is 2. The second-order valence-corrected chi connectivity index (χ2v) is 2.49. The average molecular weight is 225 g/mol. The van der Waals surface area contributed by atoms with E-state index in [4.69, 9.17) is 10.8 Å². The van der Waals surface area contributed by atoms with E-state index >= 15 is 0 Å². The van der Waals surface area contributed by atoms with Crippen LogP contribution in [0.2, 0.25) is 0 Å². The lowest BCUT2D eigenvalue weighted by Gasteiger charge is -2.06. The number of hydrogen-bond acceptors (Lipinski definition) is 3. The Morgan fingerprint density at radius 2 is 2.08 bits per heavy atom. The summed E-state index contributed by atoms with van der Waals surface area (Å²) in [6.45, 7) is 1.84. The Bertz CT molecular complexity index is 245. The average Bonchev–Trinajstić information content (AvgIpc) is 2.03. The summed E-state index contributed by atoms with van der Waals surface area (Å²) in [6.07, 6.45) is 0. The van der Waals surface area contributed by atoms with Gasteiger partial charge in [0.05, 0.1) is 18.3 Å². The number of aromatic nitrogens is 1. The van der Waals surface area contributed by atoms with Crippen molar-refractivity contribution in [3.8, 4) is 0 Å². The maximum atomic E-state index is 8.71. The number of halogens is 2. The van der Waals surface area contributed by atoms with Crippen LogP contribution in [0, 0.1) is 6.92 Å². The first-order valence-electron chi connectivity index (χ1n) is 3.54. The van der Waals surface area contributed by atoms with E-state index in [1.807, 2.05) is 25.1 Å². The molecule has 1 rings (SSSR count). The van der Waals surface area contributed by atoms with Crippen LogP contribution in [-0.2, 0) is 0 Å². The molecule has 1 atom stereocenters. The fourth-order valence-electron chi connectivity index (χ4n) is 0.864. The van der Waals surface area contributed by atoms with Crippen LogP contribution in [-0.4, -0.2) is 16.7 Å². The van der Waals surface area contributed by atoms with Crippen LogP contribution in [0.1, 0.15) is 17.4 Å². The molecule has 0 saturated heterocycles. The Kier molecular flexibility index (Phi) is 8.26. The van der Waals surface area contributed by atoms with Crippen LogP contribution in [0.25, 0.3) is 0 Å². The van der Waals surface area contributed by atoms with Crippen molar-refractivity contribution < 1.29 is 5.11 Å². The highest BCUT2D eigenvalue weighted by Crippen LogP contribution is 2.05. The van der Waals surface area contributed by atoms with Gasteiger partial charge in [-0.3, -0.25) is 4.98 Å². The molecule has 0 aliphatic carbocycles. The van der Waals surface area contributed by atoms with E-state index in [-0.39, 0.29) is 37.5 Å². The first-order chi connectivity index (χ1) is 5.24. The van der Waals surface area contributed by atoms with Crippen molar-refractivity contribution in [3.63, 3.8) is 0 Å². The van der Waals surface area contributed by atoms with E-state index in [2.05, 4.69) is 4.98 Å². The Morgan fingerprint density at radius 1 is 1.46 bits per heavy atom. The molecule has 76 valence electrons. The van der Waals surface area contributed by atoms with Gasteiger partial charge >= 0.3 is 0 Å². The smallest absolute Gasteiger partial charge is 0.0705 e. The van der Waals surface area contributed by atoms with Gasteiger partial charge in [0.1, 0.15) is 0 Å². The summed E-state index contributed by atoms with van der Waals surface area (Å²) >= 11 is 0. The summed E-state index contributed by atoms with van der Waals surface area (Å²) in [5, 5.41) is 8.71. The van der Waals surface area contributed by atoms with Crippen molar-refractivity contribution in [2.24, 2.45) is 5.73 Å². The molecule has 0 aliphatic heterocycles. The zero-order valence-corrected chi connectivity index (χ0v) is 8.94. The Morgan fingerprint density at radius 3 is 2.54 bits per heavy atom. The number of hydrogen-bond donors (Lipinski definition) is 2. The van der Waals surface area contributed by atoms with Crippen LogP contribution in [0.5, 0.6) is 0 Å². The zero-order chi connectivity index (χ0) is 8.27. The van der Waals surface area contributed by atoms with Crippen molar-refractivity contribution in [2.45, 2.75) is 13.0 Å². The Labute approximate surface area is 90.2 Å². The van der Waals surface area contributed by atoms with E-state index in [9.17, 15) is 0 Å². The molecule has 0 saturated carbocycles. The third kappa shape index (κ3) is 4.43. The second kappa shape index (κ2) is 7.09. The summed E-state index contributed by atoms with van der Waals surface area (Å²) in [5.41, 5.74) is 7.22. The predicted octanol–water partition coefficient (Wildman–Crippen LogP) is 1.23. The standard InChI is InChI=1S/C8H12N2O.2ClH/c1-6-3-2-4-8(10-6)7(9)5-11;;/h2-4,7,11H,5,9H2,1H3;2*1H/t7-;;/m1../s1. The lowest BCUT2D eigenvalue weighted by molar-refractivity contribution is 0.266. The van der Waals surface area contributed by atoms with Gasteiger partial charge in [0.25, 0.3) is 0 Å². The zero-order valence-electron chi connectivity index (χ0n) is 7.30. The number of nitrogens with zero attached hydrogens (tertiary/aromatic N) is 1. The number of pyridine rings is 1. The van der Waals surface area contributed by atoms with Crippen molar-refractivity contribution in [1.82, 2.24) is 4.98 Å². The summed E-state index contributed by atoms with van der Waals surface area (Å²) in [7, 11) is 0. The monoisotopic (exact) mass is 224 g/mol. The van der Waals surface area contributed by atoms with E-state index in [0.717, 1.165) is 11.4 Å². The second-order valence-electron chi connectivity index (χ2n) is 2.49. The molecular weight excluding hydrogens is 211 g/mol. The summed E-state index contributed by atoms with van der Waals surface area (Å²) in [4.78, 5) is 4.16. The van der Waals surface area contributed by atoms with Crippen molar-refractivity contribution in [1.29, 1.82) is 0 Å². The maximum Gasteiger partial charge on any atom is 0.0705 e. The molecule has 3 N–H and O–H groups in total. The summed E-state index contributed by atoms with van der Waals surface area (Å²) < 4.78 is 0. The predicted molar refractivity (Wildman–Crippen MR) is 57.5 cm³/mol. The van der Waals surface area contributed by atoms with Gasteiger partial charge in [-0.15, -0.1) is 24.8 Å². The minimum absolute atomic E-state index is 0. The van der Waals surface area contributed by atoms with Crippen molar-refractivity contribution >= 4 is 24.8 Å². The Balaban J connectivity index is 0. The highest BCUT2D eigenvalue weighted by molar-refractivity contribution is 5.85. The van der Waals surface area contributed by atoms with Gasteiger partial charge in [-0.25, -0.2) is 0 Å². The van der Waals surface area contributed by atoms with Gasteiger partial charge in [0, 0.05) is 5.69 Å². The SMILES string of the molecule is Cc1cccc([C@H](N)CO)n1.Cl.Cl. The molecule has 0 fully saturated rings. The van der Waals surface area contributed by atoms with Gasteiger partial charge in [0.15, 0.2) is 0 Å². The number of aryl methyl sites for hydroxylation is 1. The minimum Gasteiger partial charge on any atom is -0.394 e. The van der Waals surface area contributed by atoms with Crippen LogP contribution >= 0.6 is 24.8 Å². The van der Waals surface area contributed by atoms with Gasteiger partial charge in [-0.2, -0.15) is 0 Å². The van der Waals surface area contributed by atoms with Crippen LogP contribution in [0.15, 0.2) is 18.2 Å². The molecule has 0 aliphatic rings. The molecule has 1 aromatic heterocycles. The Hall–Kier alpha value is -0.350. The molecule has 0 unspecified atom stereocenters. The largest absolute Gasteiger partial charge is 0.394 e. The molecule has 0 spiro atoms. The summed E-state index contributed by atoms with van der Waals surface area (Å²) in [5.74, 6) is 0. The van der Waals surface area contributed by atoms with Crippen LogP contribution < -0.4 is 5.73 Å². The first-order valence-corrected chi connectivity index (χ1v) is 3.54. The molecule has 5 heteroatoms. The molecule has 13 heavy (non-hydrogen) atoms. The van der Waals surface area contributed by atoms with Gasteiger partial charge in [0.2, 0.25) is 0 Å². The normalized spacial score (nSPS) is 11.0. The summed E-state index contributed by atoms with van der Waals surface area (Å²) in [6, 6.07) is 5.24. The molecule has 3 nitrogen and oxygen atoms in total. The maximum absolute atomic E-state index is 8.71. The third-order valence-electron chi connectivity index (χ3n) is 1.49. The van der Waals surface area contributed by atoms with E-state index in [0.29, 0.717) is 0 Å². The lowest BCUT2D eigenvalue weighted by Crippen LogP contribution is -2.16. The van der Waals surface area contributed by atoms with Gasteiger partial charge in [-0.05, 0) is 19.1 Å². The van der Waals surface area contributed by atoms with E-state index < -0.39 is 0 Å². The highest BCUT2D eigenvalue weighted by atomic mass is 35.5. The molecule has 1 aromatic rings. The quantitative estimate of drug-likeness (QED) is 0.795.